The zero-order valence-electron chi connectivity index (χ0n) is 16.9. The van der Waals surface area contributed by atoms with Gasteiger partial charge in [-0.05, 0) is 37.2 Å². The Morgan fingerprint density at radius 1 is 1.17 bits per heavy atom. The molecule has 0 amide bonds. The first-order valence-electron chi connectivity index (χ1n) is 9.47. The summed E-state index contributed by atoms with van der Waals surface area (Å²) >= 11 is 0. The van der Waals surface area contributed by atoms with Crippen molar-refractivity contribution in [1.29, 1.82) is 0 Å². The molecular formula is C24H28BN3O. The third-order valence-corrected chi connectivity index (χ3v) is 4.64. The van der Waals surface area contributed by atoms with Gasteiger partial charge in [0.1, 0.15) is 11.6 Å². The smallest absolute Gasteiger partial charge is 0.385 e. The Morgan fingerprint density at radius 3 is 2.52 bits per heavy atom. The minimum Gasteiger partial charge on any atom is -0.509 e. The maximum atomic E-state index is 9.92. The average molecular weight is 385 g/mol. The number of aliphatic hydroxyl groups is 1. The van der Waals surface area contributed by atoms with Crippen molar-refractivity contribution in [2.45, 2.75) is 19.2 Å². The minimum absolute atomic E-state index is 0.0764. The minimum atomic E-state index is -0.107. The van der Waals surface area contributed by atoms with Gasteiger partial charge in [-0.25, -0.2) is 4.99 Å². The number of nitrogens with zero attached hydrogens (tertiary/aromatic N) is 3. The molecule has 0 bridgehead atoms. The molecule has 148 valence electrons. The predicted molar refractivity (Wildman–Crippen MR) is 126 cm³/mol. The summed E-state index contributed by atoms with van der Waals surface area (Å²) in [7, 11) is 0. The van der Waals surface area contributed by atoms with Gasteiger partial charge < -0.3 is 14.7 Å². The fourth-order valence-electron chi connectivity index (χ4n) is 3.48. The Hall–Kier alpha value is -3.47. The predicted octanol–water partition coefficient (Wildman–Crippen LogP) is 5.82. The summed E-state index contributed by atoms with van der Waals surface area (Å²) in [5, 5.41) is 9.92. The second kappa shape index (κ2) is 10.2. The van der Waals surface area contributed by atoms with Gasteiger partial charge in [-0.15, -0.1) is 0 Å². The van der Waals surface area contributed by atoms with Crippen LogP contribution < -0.4 is 0 Å². The first-order chi connectivity index (χ1) is 13.9. The number of amidine groups is 1. The molecule has 0 atom stereocenters. The van der Waals surface area contributed by atoms with E-state index in [9.17, 15) is 5.11 Å². The number of aliphatic imine (C=N–C) groups is 1. The van der Waals surface area contributed by atoms with E-state index in [2.05, 4.69) is 49.3 Å². The summed E-state index contributed by atoms with van der Waals surface area (Å²) in [5.74, 6) is 0.551. The van der Waals surface area contributed by atoms with Crippen molar-refractivity contribution in [3.8, 4) is 0 Å². The van der Waals surface area contributed by atoms with E-state index in [0.717, 1.165) is 36.1 Å². The molecule has 0 unspecified atom stereocenters. The molecule has 1 N–H and O–H groups in total. The zero-order chi connectivity index (χ0) is 21.4. The van der Waals surface area contributed by atoms with E-state index in [0.29, 0.717) is 11.4 Å². The standard InChI is InChI=1S/C24H28BN3O/c1-7-13-23-22(18-21(6)29)24(26-8-2)27(9-3)25-17-12-15-19(4)14-10-11-16-20(5)28(23)25/h7-11,13-14,16,18,29H,1-6,12,15,17H2/b14-10-,16-11-,22-18+,23-13+,26-24-. The SMILES string of the molecule is C=C\C=C1C(=C\C(=C)O)/C(=N/C=C)N(C=C)B2CCCC(=C)/C=C\C=C/C(=C)N2/1. The normalized spacial score (nSPS) is 24.1. The van der Waals surface area contributed by atoms with Gasteiger partial charge in [0.05, 0.1) is 0 Å². The fraction of sp³-hybridized carbons (Fsp3) is 0.125. The summed E-state index contributed by atoms with van der Waals surface area (Å²) in [6, 6.07) is 0. The lowest BCUT2D eigenvalue weighted by atomic mass is 9.62. The van der Waals surface area contributed by atoms with Crippen LogP contribution in [0, 0.1) is 0 Å². The number of rotatable bonds is 4. The van der Waals surface area contributed by atoms with Crippen molar-refractivity contribution in [2.75, 3.05) is 0 Å². The fourth-order valence-corrected chi connectivity index (χ4v) is 3.48. The molecule has 2 heterocycles. The van der Waals surface area contributed by atoms with Crippen LogP contribution in [0.4, 0.5) is 0 Å². The van der Waals surface area contributed by atoms with Crippen LogP contribution >= 0.6 is 0 Å². The molecule has 0 aromatic heterocycles. The molecular weight excluding hydrogens is 357 g/mol. The highest BCUT2D eigenvalue weighted by Crippen LogP contribution is 2.35. The van der Waals surface area contributed by atoms with E-state index in [1.54, 1.807) is 18.4 Å². The molecule has 4 nitrogen and oxygen atoms in total. The Balaban J connectivity index is 2.74. The summed E-state index contributed by atoms with van der Waals surface area (Å²) in [4.78, 5) is 8.57. The van der Waals surface area contributed by atoms with Crippen molar-refractivity contribution in [2.24, 2.45) is 4.99 Å². The first-order valence-corrected chi connectivity index (χ1v) is 9.47. The van der Waals surface area contributed by atoms with Crippen LogP contribution in [0.5, 0.6) is 0 Å². The second-order valence-electron chi connectivity index (χ2n) is 6.67. The molecule has 0 aromatic carbocycles. The lowest BCUT2D eigenvalue weighted by Gasteiger charge is -2.45. The van der Waals surface area contributed by atoms with Gasteiger partial charge in [0.25, 0.3) is 0 Å². The molecule has 0 saturated carbocycles. The van der Waals surface area contributed by atoms with Crippen LogP contribution in [-0.4, -0.2) is 27.5 Å². The van der Waals surface area contributed by atoms with Crippen LogP contribution in [0.15, 0.2) is 128 Å². The third-order valence-electron chi connectivity index (χ3n) is 4.64. The van der Waals surface area contributed by atoms with Crippen LogP contribution in [0.1, 0.15) is 12.8 Å². The van der Waals surface area contributed by atoms with Crippen LogP contribution in [0.25, 0.3) is 0 Å². The summed E-state index contributed by atoms with van der Waals surface area (Å²) in [5.41, 5.74) is 3.36. The van der Waals surface area contributed by atoms with Crippen molar-refractivity contribution in [1.82, 2.24) is 9.62 Å². The molecule has 0 radical (unpaired) electrons. The quantitative estimate of drug-likeness (QED) is 0.489. The lowest BCUT2D eigenvalue weighted by molar-refractivity contribution is 0.434. The first kappa shape index (κ1) is 21.8. The van der Waals surface area contributed by atoms with Gasteiger partial charge in [0, 0.05) is 23.2 Å². The van der Waals surface area contributed by atoms with E-state index in [1.807, 2.05) is 35.2 Å². The average Bonchev–Trinajstić information content (AvgIpc) is 2.70. The topological polar surface area (TPSA) is 39.1 Å². The van der Waals surface area contributed by atoms with Crippen LogP contribution in [0.3, 0.4) is 0 Å². The van der Waals surface area contributed by atoms with E-state index in [4.69, 9.17) is 0 Å². The lowest BCUT2D eigenvalue weighted by Crippen LogP contribution is -2.57. The maximum Gasteiger partial charge on any atom is 0.385 e. The molecule has 0 spiro atoms. The highest BCUT2D eigenvalue weighted by molar-refractivity contribution is 6.59. The van der Waals surface area contributed by atoms with Gasteiger partial charge in [-0.2, -0.15) is 0 Å². The summed E-state index contributed by atoms with van der Waals surface area (Å²) in [6.45, 7) is 23.5. The molecule has 1 fully saturated rings. The number of hydrogen-bond acceptors (Lipinski definition) is 3. The Bertz CT molecular complexity index is 886. The van der Waals surface area contributed by atoms with E-state index < -0.39 is 0 Å². The molecule has 0 aromatic rings. The molecule has 5 heteroatoms. The molecule has 2 rings (SSSR count). The molecule has 0 aliphatic carbocycles. The highest BCUT2D eigenvalue weighted by atomic mass is 16.3. The van der Waals surface area contributed by atoms with Gasteiger partial charge >= 0.3 is 6.98 Å². The van der Waals surface area contributed by atoms with Gasteiger partial charge in [-0.1, -0.05) is 75.8 Å². The van der Waals surface area contributed by atoms with Gasteiger partial charge in [0.2, 0.25) is 0 Å². The highest BCUT2D eigenvalue weighted by Gasteiger charge is 2.41. The van der Waals surface area contributed by atoms with E-state index in [1.165, 1.54) is 6.20 Å². The van der Waals surface area contributed by atoms with Gasteiger partial charge in [0.15, 0.2) is 0 Å². The number of fused-ring (bicyclic) bond motifs is 1. The van der Waals surface area contributed by atoms with Gasteiger partial charge in [-0.3, -0.25) is 0 Å². The number of hydrogen-bond donors (Lipinski definition) is 1. The van der Waals surface area contributed by atoms with E-state index >= 15 is 0 Å². The monoisotopic (exact) mass is 385 g/mol. The zero-order valence-corrected chi connectivity index (χ0v) is 16.9. The van der Waals surface area contributed by atoms with Crippen LogP contribution in [0.2, 0.25) is 6.32 Å². The van der Waals surface area contributed by atoms with E-state index in [-0.39, 0.29) is 12.7 Å². The third kappa shape index (κ3) is 5.08. The second-order valence-corrected chi connectivity index (χ2v) is 6.67. The number of aliphatic hydroxyl groups excluding tert-OH is 1. The van der Waals surface area contributed by atoms with Crippen molar-refractivity contribution in [3.05, 3.63) is 123 Å². The van der Waals surface area contributed by atoms with Crippen molar-refractivity contribution >= 4 is 12.8 Å². The number of allylic oxidation sites excluding steroid dienone is 8. The molecule has 2 aliphatic heterocycles. The largest absolute Gasteiger partial charge is 0.509 e. The molecule has 29 heavy (non-hydrogen) atoms. The molecule has 2 aliphatic rings. The van der Waals surface area contributed by atoms with Crippen molar-refractivity contribution in [3.63, 3.8) is 0 Å². The Morgan fingerprint density at radius 2 is 1.90 bits per heavy atom. The Kier molecular flexibility index (Phi) is 7.66. The summed E-state index contributed by atoms with van der Waals surface area (Å²) < 4.78 is 0. The maximum absolute atomic E-state index is 9.92. The summed E-state index contributed by atoms with van der Waals surface area (Å²) in [6.07, 6.45) is 18.9. The van der Waals surface area contributed by atoms with Crippen LogP contribution in [-0.2, 0) is 0 Å². The molecule has 1 saturated heterocycles. The Labute approximate surface area is 174 Å². The van der Waals surface area contributed by atoms with Crippen molar-refractivity contribution < 1.29 is 5.11 Å².